The Morgan fingerprint density at radius 3 is 3.13 bits per heavy atom. The lowest BCUT2D eigenvalue weighted by molar-refractivity contribution is 0.194. The van der Waals surface area contributed by atoms with E-state index in [0.717, 1.165) is 30.9 Å². The zero-order valence-corrected chi connectivity index (χ0v) is 8.68. The summed E-state index contributed by atoms with van der Waals surface area (Å²) in [6, 6.07) is 3.68. The lowest BCUT2D eigenvalue weighted by Crippen LogP contribution is -1.94. The van der Waals surface area contributed by atoms with Crippen molar-refractivity contribution in [3.63, 3.8) is 0 Å². The minimum Gasteiger partial charge on any atom is -0.396 e. The Hall–Kier alpha value is -1.62. The lowest BCUT2D eigenvalue weighted by Gasteiger charge is -1.93. The number of rotatable bonds is 4. The Labute approximate surface area is 87.9 Å². The van der Waals surface area contributed by atoms with Gasteiger partial charge in [-0.3, -0.25) is 0 Å². The molecule has 2 aromatic rings. The van der Waals surface area contributed by atoms with Gasteiger partial charge in [0, 0.05) is 26.3 Å². The molecule has 5 nitrogen and oxygen atoms in total. The van der Waals surface area contributed by atoms with Gasteiger partial charge in [0.2, 0.25) is 0 Å². The van der Waals surface area contributed by atoms with Gasteiger partial charge in [0.25, 0.3) is 0 Å². The number of hydrogen-bond acceptors (Lipinski definition) is 4. The number of ether oxygens (including phenoxy) is 1. The Balaban J connectivity index is 2.20. The molecule has 2 aromatic heterocycles. The first-order chi connectivity index (χ1) is 7.31. The van der Waals surface area contributed by atoms with Crippen molar-refractivity contribution in [3.05, 3.63) is 24.2 Å². The number of nitrogens with two attached hydrogens (primary N) is 1. The summed E-state index contributed by atoms with van der Waals surface area (Å²) in [6.07, 6.45) is 3.58. The quantitative estimate of drug-likeness (QED) is 0.754. The largest absolute Gasteiger partial charge is 0.396 e. The highest BCUT2D eigenvalue weighted by Crippen LogP contribution is 2.10. The van der Waals surface area contributed by atoms with Crippen LogP contribution in [0.1, 0.15) is 12.2 Å². The maximum absolute atomic E-state index is 5.78. The van der Waals surface area contributed by atoms with Crippen molar-refractivity contribution in [2.75, 3.05) is 19.5 Å². The molecule has 0 atom stereocenters. The van der Waals surface area contributed by atoms with Gasteiger partial charge in [0.1, 0.15) is 0 Å². The van der Waals surface area contributed by atoms with Crippen molar-refractivity contribution < 1.29 is 4.74 Å². The average molecular weight is 206 g/mol. The van der Waals surface area contributed by atoms with Crippen LogP contribution in [0.5, 0.6) is 0 Å². The van der Waals surface area contributed by atoms with Crippen molar-refractivity contribution in [1.29, 1.82) is 0 Å². The summed E-state index contributed by atoms with van der Waals surface area (Å²) >= 11 is 0. The number of methoxy groups -OCH3 is 1. The second kappa shape index (κ2) is 4.27. The zero-order chi connectivity index (χ0) is 10.7. The molecule has 0 fully saturated rings. The summed E-state index contributed by atoms with van der Waals surface area (Å²) in [4.78, 5) is 4.36. The standard InChI is InChI=1S/C10H14N4O/c1-15-7-3-5-9-12-10-8(11)4-2-6-14(10)13-9/h2,4,6H,3,5,7,11H2,1H3. The first-order valence-electron chi connectivity index (χ1n) is 4.90. The van der Waals surface area contributed by atoms with Crippen LogP contribution in [0.2, 0.25) is 0 Å². The molecule has 0 unspecified atom stereocenters. The molecule has 0 saturated heterocycles. The molecule has 2 rings (SSSR count). The highest BCUT2D eigenvalue weighted by atomic mass is 16.5. The number of nitrogens with zero attached hydrogens (tertiary/aromatic N) is 3. The predicted octanol–water partition coefficient (Wildman–Crippen LogP) is 0.890. The van der Waals surface area contributed by atoms with Gasteiger partial charge in [0.05, 0.1) is 5.69 Å². The van der Waals surface area contributed by atoms with Gasteiger partial charge in [-0.05, 0) is 18.6 Å². The molecule has 0 bridgehead atoms. The van der Waals surface area contributed by atoms with Gasteiger partial charge in [-0.15, -0.1) is 0 Å². The summed E-state index contributed by atoms with van der Waals surface area (Å²) < 4.78 is 6.68. The summed E-state index contributed by atoms with van der Waals surface area (Å²) in [5.74, 6) is 0.810. The normalized spacial score (nSPS) is 11.0. The molecule has 0 aromatic carbocycles. The second-order valence-corrected chi connectivity index (χ2v) is 3.36. The van der Waals surface area contributed by atoms with E-state index in [9.17, 15) is 0 Å². The van der Waals surface area contributed by atoms with Crippen LogP contribution in [0.15, 0.2) is 18.3 Å². The molecular weight excluding hydrogens is 192 g/mol. The number of fused-ring (bicyclic) bond motifs is 1. The fourth-order valence-corrected chi connectivity index (χ4v) is 1.45. The zero-order valence-electron chi connectivity index (χ0n) is 8.68. The first kappa shape index (κ1) is 9.92. The van der Waals surface area contributed by atoms with E-state index in [-0.39, 0.29) is 0 Å². The van der Waals surface area contributed by atoms with Crippen molar-refractivity contribution in [3.8, 4) is 0 Å². The summed E-state index contributed by atoms with van der Waals surface area (Å²) in [7, 11) is 1.69. The van der Waals surface area contributed by atoms with Crippen LogP contribution in [0.4, 0.5) is 5.69 Å². The maximum Gasteiger partial charge on any atom is 0.178 e. The van der Waals surface area contributed by atoms with E-state index in [4.69, 9.17) is 10.5 Å². The minimum absolute atomic E-state index is 0.656. The van der Waals surface area contributed by atoms with Crippen LogP contribution in [-0.4, -0.2) is 28.3 Å². The average Bonchev–Trinajstić information content (AvgIpc) is 2.63. The van der Waals surface area contributed by atoms with E-state index >= 15 is 0 Å². The van der Waals surface area contributed by atoms with Gasteiger partial charge >= 0.3 is 0 Å². The lowest BCUT2D eigenvalue weighted by atomic mass is 10.3. The van der Waals surface area contributed by atoms with Crippen LogP contribution in [0.3, 0.4) is 0 Å². The van der Waals surface area contributed by atoms with Crippen LogP contribution in [0.25, 0.3) is 5.65 Å². The van der Waals surface area contributed by atoms with Crippen LogP contribution in [-0.2, 0) is 11.2 Å². The number of hydrogen-bond donors (Lipinski definition) is 1. The monoisotopic (exact) mass is 206 g/mol. The first-order valence-corrected chi connectivity index (χ1v) is 4.90. The van der Waals surface area contributed by atoms with Gasteiger partial charge in [-0.1, -0.05) is 0 Å². The Kier molecular flexibility index (Phi) is 2.82. The van der Waals surface area contributed by atoms with Gasteiger partial charge < -0.3 is 10.5 Å². The minimum atomic E-state index is 0.656. The third-order valence-electron chi connectivity index (χ3n) is 2.19. The van der Waals surface area contributed by atoms with Gasteiger partial charge in [-0.2, -0.15) is 5.10 Å². The molecule has 0 aliphatic rings. The fourth-order valence-electron chi connectivity index (χ4n) is 1.45. The third kappa shape index (κ3) is 2.07. The van der Waals surface area contributed by atoms with E-state index < -0.39 is 0 Å². The molecule has 5 heteroatoms. The number of aryl methyl sites for hydroxylation is 1. The summed E-state index contributed by atoms with van der Waals surface area (Å²) in [5.41, 5.74) is 7.16. The van der Waals surface area contributed by atoms with Crippen molar-refractivity contribution >= 4 is 11.3 Å². The molecular formula is C10H14N4O. The summed E-state index contributed by atoms with van der Waals surface area (Å²) in [5, 5.41) is 4.32. The van der Waals surface area contributed by atoms with Crippen molar-refractivity contribution in [2.45, 2.75) is 12.8 Å². The molecule has 0 spiro atoms. The number of nitrogen functional groups attached to an aromatic ring is 1. The molecule has 0 aliphatic carbocycles. The molecule has 2 heterocycles. The van der Waals surface area contributed by atoms with E-state index in [1.165, 1.54) is 0 Å². The fraction of sp³-hybridized carbons (Fsp3) is 0.400. The molecule has 80 valence electrons. The number of pyridine rings is 1. The van der Waals surface area contributed by atoms with E-state index in [0.29, 0.717) is 5.69 Å². The Morgan fingerprint density at radius 1 is 1.53 bits per heavy atom. The van der Waals surface area contributed by atoms with Gasteiger partial charge in [-0.25, -0.2) is 9.50 Å². The molecule has 0 aliphatic heterocycles. The molecule has 0 saturated carbocycles. The Morgan fingerprint density at radius 2 is 2.40 bits per heavy atom. The predicted molar refractivity (Wildman–Crippen MR) is 57.6 cm³/mol. The van der Waals surface area contributed by atoms with E-state index in [1.807, 2.05) is 18.3 Å². The molecule has 0 amide bonds. The summed E-state index contributed by atoms with van der Waals surface area (Å²) in [6.45, 7) is 0.727. The van der Waals surface area contributed by atoms with Crippen molar-refractivity contribution in [1.82, 2.24) is 14.6 Å². The molecule has 2 N–H and O–H groups in total. The SMILES string of the molecule is COCCCc1nc2c(N)cccn2n1. The molecule has 15 heavy (non-hydrogen) atoms. The maximum atomic E-state index is 5.78. The topological polar surface area (TPSA) is 65.4 Å². The highest BCUT2D eigenvalue weighted by molar-refractivity contribution is 5.63. The van der Waals surface area contributed by atoms with E-state index in [1.54, 1.807) is 11.6 Å². The van der Waals surface area contributed by atoms with E-state index in [2.05, 4.69) is 10.1 Å². The van der Waals surface area contributed by atoms with Crippen LogP contribution < -0.4 is 5.73 Å². The van der Waals surface area contributed by atoms with Crippen molar-refractivity contribution in [2.24, 2.45) is 0 Å². The van der Waals surface area contributed by atoms with Gasteiger partial charge in [0.15, 0.2) is 11.5 Å². The van der Waals surface area contributed by atoms with Crippen LogP contribution >= 0.6 is 0 Å². The van der Waals surface area contributed by atoms with Crippen LogP contribution in [0, 0.1) is 0 Å². The second-order valence-electron chi connectivity index (χ2n) is 3.36. The third-order valence-corrected chi connectivity index (χ3v) is 2.19. The Bertz CT molecular complexity index is 452. The molecule has 0 radical (unpaired) electrons. The highest BCUT2D eigenvalue weighted by Gasteiger charge is 2.04. The number of aromatic nitrogens is 3. The smallest absolute Gasteiger partial charge is 0.178 e. The number of anilines is 1.